The Labute approximate surface area is 126 Å². The van der Waals surface area contributed by atoms with Gasteiger partial charge in [0.1, 0.15) is 5.82 Å². The third-order valence-corrected chi connectivity index (χ3v) is 2.74. The minimum Gasteiger partial charge on any atom is -0.383 e. The Bertz CT molecular complexity index is 407. The zero-order chi connectivity index (χ0) is 13.4. The molecule has 1 rings (SSSR count). The van der Waals surface area contributed by atoms with Crippen molar-refractivity contribution in [2.45, 2.75) is 0 Å². The minimum atomic E-state index is -0.533. The standard InChI is InChI=1S/C12H16BrFN2O2.ClH/c1-18-7-6-15-4-5-16-12(17)10-3-2-9(13)8-11(10)14;/h2-3,8,15H,4-7H2,1H3,(H,16,17);1H. The predicted molar refractivity (Wildman–Crippen MR) is 78.4 cm³/mol. The van der Waals surface area contributed by atoms with E-state index < -0.39 is 11.7 Å². The summed E-state index contributed by atoms with van der Waals surface area (Å²) in [7, 11) is 1.62. The van der Waals surface area contributed by atoms with Gasteiger partial charge >= 0.3 is 0 Å². The summed E-state index contributed by atoms with van der Waals surface area (Å²) in [5.74, 6) is -0.942. The molecule has 1 amide bonds. The van der Waals surface area contributed by atoms with E-state index >= 15 is 0 Å². The summed E-state index contributed by atoms with van der Waals surface area (Å²) >= 11 is 3.14. The third kappa shape index (κ3) is 6.87. The number of hydrogen-bond donors (Lipinski definition) is 2. The molecule has 0 aliphatic carbocycles. The maximum atomic E-state index is 13.5. The first-order chi connectivity index (χ1) is 8.65. The van der Waals surface area contributed by atoms with Crippen molar-refractivity contribution < 1.29 is 13.9 Å². The lowest BCUT2D eigenvalue weighted by Gasteiger charge is -2.07. The van der Waals surface area contributed by atoms with Crippen molar-refractivity contribution in [2.75, 3.05) is 33.4 Å². The van der Waals surface area contributed by atoms with Crippen molar-refractivity contribution in [3.63, 3.8) is 0 Å². The van der Waals surface area contributed by atoms with E-state index in [2.05, 4.69) is 26.6 Å². The van der Waals surface area contributed by atoms with E-state index in [9.17, 15) is 9.18 Å². The molecule has 0 heterocycles. The van der Waals surface area contributed by atoms with Gasteiger partial charge in [-0.15, -0.1) is 12.4 Å². The van der Waals surface area contributed by atoms with E-state index in [-0.39, 0.29) is 18.0 Å². The summed E-state index contributed by atoms with van der Waals surface area (Å²) in [5.41, 5.74) is 0.0510. The fourth-order valence-corrected chi connectivity index (χ4v) is 1.67. The number of rotatable bonds is 7. The molecule has 0 aliphatic heterocycles. The molecule has 1 aromatic carbocycles. The Morgan fingerprint density at radius 1 is 1.37 bits per heavy atom. The van der Waals surface area contributed by atoms with Crippen molar-refractivity contribution in [1.29, 1.82) is 0 Å². The summed E-state index contributed by atoms with van der Waals surface area (Å²) in [5, 5.41) is 5.71. The summed E-state index contributed by atoms with van der Waals surface area (Å²) in [6.45, 7) is 2.40. The fraction of sp³-hybridized carbons (Fsp3) is 0.417. The van der Waals surface area contributed by atoms with E-state index in [4.69, 9.17) is 4.74 Å². The molecule has 0 fully saturated rings. The van der Waals surface area contributed by atoms with Gasteiger partial charge in [0.25, 0.3) is 5.91 Å². The first-order valence-corrected chi connectivity index (χ1v) is 6.37. The maximum Gasteiger partial charge on any atom is 0.254 e. The molecule has 0 atom stereocenters. The first kappa shape index (κ1) is 18.3. The molecule has 0 saturated heterocycles. The van der Waals surface area contributed by atoms with Gasteiger partial charge < -0.3 is 15.4 Å². The second-order valence-corrected chi connectivity index (χ2v) is 4.54. The molecular weight excluding hydrogens is 338 g/mol. The Kier molecular flexibility index (Phi) is 9.77. The van der Waals surface area contributed by atoms with Crippen molar-refractivity contribution in [1.82, 2.24) is 10.6 Å². The number of hydrogen-bond acceptors (Lipinski definition) is 3. The average molecular weight is 356 g/mol. The van der Waals surface area contributed by atoms with E-state index in [1.165, 1.54) is 12.1 Å². The van der Waals surface area contributed by atoms with Crippen LogP contribution >= 0.6 is 28.3 Å². The van der Waals surface area contributed by atoms with E-state index in [1.54, 1.807) is 13.2 Å². The molecule has 0 bridgehead atoms. The highest BCUT2D eigenvalue weighted by Gasteiger charge is 2.10. The number of nitrogens with one attached hydrogen (secondary N) is 2. The van der Waals surface area contributed by atoms with Gasteiger partial charge in [0, 0.05) is 31.2 Å². The van der Waals surface area contributed by atoms with Crippen LogP contribution in [-0.2, 0) is 4.74 Å². The molecule has 0 unspecified atom stereocenters. The highest BCUT2D eigenvalue weighted by molar-refractivity contribution is 9.10. The van der Waals surface area contributed by atoms with Crippen LogP contribution in [0.2, 0.25) is 0 Å². The smallest absolute Gasteiger partial charge is 0.254 e. The van der Waals surface area contributed by atoms with Crippen LogP contribution in [0.4, 0.5) is 4.39 Å². The van der Waals surface area contributed by atoms with Gasteiger partial charge in [-0.25, -0.2) is 4.39 Å². The van der Waals surface area contributed by atoms with Gasteiger partial charge in [-0.1, -0.05) is 15.9 Å². The highest BCUT2D eigenvalue weighted by atomic mass is 79.9. The second-order valence-electron chi connectivity index (χ2n) is 3.62. The molecule has 108 valence electrons. The third-order valence-electron chi connectivity index (χ3n) is 2.25. The largest absolute Gasteiger partial charge is 0.383 e. The van der Waals surface area contributed by atoms with Crippen LogP contribution < -0.4 is 10.6 Å². The van der Waals surface area contributed by atoms with Crippen LogP contribution in [-0.4, -0.2) is 39.3 Å². The molecule has 0 aromatic heterocycles. The summed E-state index contributed by atoms with van der Waals surface area (Å²) in [6.07, 6.45) is 0. The average Bonchev–Trinajstić information content (AvgIpc) is 2.33. The van der Waals surface area contributed by atoms with Gasteiger partial charge in [0.15, 0.2) is 0 Å². The normalized spacial score (nSPS) is 9.84. The summed E-state index contributed by atoms with van der Waals surface area (Å²) < 4.78 is 18.9. The van der Waals surface area contributed by atoms with Crippen molar-refractivity contribution in [3.05, 3.63) is 34.1 Å². The summed E-state index contributed by atoms with van der Waals surface area (Å²) in [6, 6.07) is 4.35. The quantitative estimate of drug-likeness (QED) is 0.735. The lowest BCUT2D eigenvalue weighted by molar-refractivity contribution is 0.0949. The lowest BCUT2D eigenvalue weighted by Crippen LogP contribution is -2.33. The molecule has 4 nitrogen and oxygen atoms in total. The van der Waals surface area contributed by atoms with E-state index in [0.717, 1.165) is 6.54 Å². The van der Waals surface area contributed by atoms with Gasteiger partial charge in [-0.2, -0.15) is 0 Å². The SMILES string of the molecule is COCCNCCNC(=O)c1ccc(Br)cc1F.Cl. The van der Waals surface area contributed by atoms with Crippen LogP contribution in [0.5, 0.6) is 0 Å². The van der Waals surface area contributed by atoms with Crippen LogP contribution in [0.15, 0.2) is 22.7 Å². The molecule has 1 aromatic rings. The van der Waals surface area contributed by atoms with Crippen LogP contribution in [0.25, 0.3) is 0 Å². The zero-order valence-electron chi connectivity index (χ0n) is 10.5. The molecule has 19 heavy (non-hydrogen) atoms. The van der Waals surface area contributed by atoms with Crippen molar-refractivity contribution >= 4 is 34.2 Å². The van der Waals surface area contributed by atoms with E-state index in [0.29, 0.717) is 24.2 Å². The monoisotopic (exact) mass is 354 g/mol. The molecule has 0 saturated carbocycles. The van der Waals surface area contributed by atoms with Gasteiger partial charge in [-0.3, -0.25) is 4.79 Å². The summed E-state index contributed by atoms with van der Waals surface area (Å²) in [4.78, 5) is 11.6. The highest BCUT2D eigenvalue weighted by Crippen LogP contribution is 2.14. The Hall–Kier alpha value is -0.690. The van der Waals surface area contributed by atoms with Crippen molar-refractivity contribution in [3.8, 4) is 0 Å². The first-order valence-electron chi connectivity index (χ1n) is 5.58. The fourth-order valence-electron chi connectivity index (χ4n) is 1.33. The number of amides is 1. The minimum absolute atomic E-state index is 0. The molecule has 2 N–H and O–H groups in total. The molecule has 0 spiro atoms. The number of ether oxygens (including phenoxy) is 1. The molecule has 0 radical (unpaired) electrons. The number of carbonyl (C=O) groups is 1. The Balaban J connectivity index is 0.00000324. The zero-order valence-corrected chi connectivity index (χ0v) is 12.9. The number of halogens is 3. The topological polar surface area (TPSA) is 50.4 Å². The Morgan fingerprint density at radius 3 is 2.74 bits per heavy atom. The number of methoxy groups -OCH3 is 1. The maximum absolute atomic E-state index is 13.5. The number of benzene rings is 1. The van der Waals surface area contributed by atoms with Crippen molar-refractivity contribution in [2.24, 2.45) is 0 Å². The van der Waals surface area contributed by atoms with Crippen LogP contribution in [0, 0.1) is 5.82 Å². The van der Waals surface area contributed by atoms with E-state index in [1.807, 2.05) is 0 Å². The molecular formula is C12H17BrClFN2O2. The van der Waals surface area contributed by atoms with Gasteiger partial charge in [0.2, 0.25) is 0 Å². The van der Waals surface area contributed by atoms with Gasteiger partial charge in [0.05, 0.1) is 12.2 Å². The Morgan fingerprint density at radius 2 is 2.11 bits per heavy atom. The van der Waals surface area contributed by atoms with Gasteiger partial charge in [-0.05, 0) is 18.2 Å². The van der Waals surface area contributed by atoms with Crippen LogP contribution in [0.3, 0.4) is 0 Å². The number of carbonyl (C=O) groups excluding carboxylic acids is 1. The lowest BCUT2D eigenvalue weighted by atomic mass is 10.2. The van der Waals surface area contributed by atoms with Crippen LogP contribution in [0.1, 0.15) is 10.4 Å². The molecule has 7 heteroatoms. The second kappa shape index (κ2) is 10.1. The molecule has 0 aliphatic rings. The predicted octanol–water partition coefficient (Wildman–Crippen LogP) is 1.98.